The van der Waals surface area contributed by atoms with Crippen molar-refractivity contribution in [3.63, 3.8) is 0 Å². The van der Waals surface area contributed by atoms with Gasteiger partial charge >= 0.3 is 0 Å². The van der Waals surface area contributed by atoms with Gasteiger partial charge in [-0.1, -0.05) is 23.5 Å². The van der Waals surface area contributed by atoms with Crippen LogP contribution in [-0.2, 0) is 7.05 Å². The summed E-state index contributed by atoms with van der Waals surface area (Å²) in [4.78, 5) is 0.826. The predicted molar refractivity (Wildman–Crippen MR) is 99.5 cm³/mol. The average Bonchev–Trinajstić information content (AvgIpc) is 2.96. The first-order chi connectivity index (χ1) is 12.2. The second kappa shape index (κ2) is 7.96. The molecule has 0 aliphatic heterocycles. The lowest BCUT2D eigenvalue weighted by atomic mass is 10.2. The third kappa shape index (κ3) is 3.89. The topological polar surface area (TPSA) is 68.3 Å². The van der Waals surface area contributed by atoms with Crippen LogP contribution in [0.5, 0.6) is 11.5 Å². The summed E-state index contributed by atoms with van der Waals surface area (Å²) < 4.78 is 13.9. The lowest BCUT2D eigenvalue weighted by Crippen LogP contribution is -2.08. The fourth-order valence-corrected chi connectivity index (χ4v) is 3.34. The number of nitrogens with zero attached hydrogens (tertiary/aromatic N) is 3. The summed E-state index contributed by atoms with van der Waals surface area (Å²) in [5, 5.41) is 17.3. The van der Waals surface area contributed by atoms with Gasteiger partial charge in [-0.05, 0) is 35.9 Å². The summed E-state index contributed by atoms with van der Waals surface area (Å²) in [5.74, 6) is 1.17. The number of aliphatic hydroxyl groups excluding tert-OH is 1. The van der Waals surface area contributed by atoms with Crippen LogP contribution in [-0.4, -0.2) is 36.2 Å². The Morgan fingerprint density at radius 2 is 2.04 bits per heavy atom. The van der Waals surface area contributed by atoms with Crippen molar-refractivity contribution in [2.45, 2.75) is 0 Å². The maximum Gasteiger partial charge on any atom is 0.211 e. The van der Waals surface area contributed by atoms with Crippen LogP contribution in [0.25, 0.3) is 10.2 Å². The summed E-state index contributed by atoms with van der Waals surface area (Å²) in [6.45, 7) is 0.180. The standard InChI is InChI=1S/C18H19N3O3S/c1-21-14-5-3-4-6-17(14)25-18(21)20-19-12-13-7-8-15(24-10-9-22)16(11-13)23-2/h3-8,11-12,22H,9-10H2,1-2H3/b19-12+,20-18-. The van der Waals surface area contributed by atoms with E-state index in [0.717, 1.165) is 15.9 Å². The molecule has 0 radical (unpaired) electrons. The van der Waals surface area contributed by atoms with Crippen molar-refractivity contribution in [1.29, 1.82) is 0 Å². The molecule has 1 N–H and O–H groups in total. The van der Waals surface area contributed by atoms with E-state index in [1.54, 1.807) is 30.7 Å². The SMILES string of the molecule is COc1cc(/C=N/N=c2\sc3ccccc3n2C)ccc1OCCO. The van der Waals surface area contributed by atoms with Crippen molar-refractivity contribution >= 4 is 27.8 Å². The Bertz CT molecular complexity index is 960. The van der Waals surface area contributed by atoms with E-state index < -0.39 is 0 Å². The van der Waals surface area contributed by atoms with Crippen LogP contribution in [0.4, 0.5) is 0 Å². The normalized spacial score (nSPS) is 12.2. The van der Waals surface area contributed by atoms with E-state index in [1.165, 1.54) is 4.70 Å². The molecule has 0 aliphatic carbocycles. The van der Waals surface area contributed by atoms with E-state index in [4.69, 9.17) is 14.6 Å². The first kappa shape index (κ1) is 17.2. The molecule has 0 unspecified atom stereocenters. The van der Waals surface area contributed by atoms with E-state index in [1.807, 2.05) is 35.9 Å². The van der Waals surface area contributed by atoms with Gasteiger partial charge in [-0.2, -0.15) is 5.10 Å². The summed E-state index contributed by atoms with van der Waals surface area (Å²) in [5.41, 5.74) is 1.98. The molecule has 2 aromatic carbocycles. The Kier molecular flexibility index (Phi) is 5.47. The van der Waals surface area contributed by atoms with Crippen LogP contribution in [0.2, 0.25) is 0 Å². The second-order valence-electron chi connectivity index (χ2n) is 5.24. The summed E-state index contributed by atoms with van der Waals surface area (Å²) in [6, 6.07) is 13.6. The number of hydrogen-bond acceptors (Lipinski definition) is 6. The van der Waals surface area contributed by atoms with Gasteiger partial charge < -0.3 is 19.1 Å². The van der Waals surface area contributed by atoms with E-state index in [0.29, 0.717) is 11.5 Å². The van der Waals surface area contributed by atoms with Crippen LogP contribution in [0.3, 0.4) is 0 Å². The van der Waals surface area contributed by atoms with Crippen molar-refractivity contribution in [1.82, 2.24) is 4.57 Å². The Labute approximate surface area is 149 Å². The molecule has 3 rings (SSSR count). The largest absolute Gasteiger partial charge is 0.493 e. The molecule has 0 saturated carbocycles. The molecule has 7 heteroatoms. The highest BCUT2D eigenvalue weighted by Gasteiger charge is 2.05. The Balaban J connectivity index is 1.84. The van der Waals surface area contributed by atoms with Crippen molar-refractivity contribution in [3.8, 4) is 11.5 Å². The number of fused-ring (bicyclic) bond motifs is 1. The van der Waals surface area contributed by atoms with Crippen molar-refractivity contribution in [2.24, 2.45) is 17.3 Å². The van der Waals surface area contributed by atoms with Gasteiger partial charge in [-0.15, -0.1) is 5.10 Å². The maximum absolute atomic E-state index is 8.84. The fraction of sp³-hybridized carbons (Fsp3) is 0.222. The molecule has 0 amide bonds. The maximum atomic E-state index is 8.84. The number of aromatic nitrogens is 1. The molecule has 0 spiro atoms. The van der Waals surface area contributed by atoms with Gasteiger partial charge in [0.05, 0.1) is 30.1 Å². The molecule has 0 bridgehead atoms. The van der Waals surface area contributed by atoms with Crippen molar-refractivity contribution < 1.29 is 14.6 Å². The van der Waals surface area contributed by atoms with Gasteiger partial charge in [0, 0.05) is 7.05 Å². The van der Waals surface area contributed by atoms with E-state index >= 15 is 0 Å². The number of thiazole rings is 1. The first-order valence-electron chi connectivity index (χ1n) is 7.76. The molecule has 0 fully saturated rings. The zero-order chi connectivity index (χ0) is 17.6. The highest BCUT2D eigenvalue weighted by Crippen LogP contribution is 2.27. The number of aliphatic hydroxyl groups is 1. The van der Waals surface area contributed by atoms with Crippen LogP contribution in [0, 0.1) is 0 Å². The molecule has 0 aliphatic rings. The number of rotatable bonds is 6. The van der Waals surface area contributed by atoms with Crippen molar-refractivity contribution in [2.75, 3.05) is 20.3 Å². The molecule has 1 heterocycles. The van der Waals surface area contributed by atoms with Gasteiger partial charge in [0.1, 0.15) is 6.61 Å². The number of methoxy groups -OCH3 is 1. The molecule has 25 heavy (non-hydrogen) atoms. The van der Waals surface area contributed by atoms with Crippen LogP contribution < -0.4 is 14.3 Å². The Hall–Kier alpha value is -2.64. The summed E-state index contributed by atoms with van der Waals surface area (Å²) in [7, 11) is 3.55. The fourth-order valence-electron chi connectivity index (χ4n) is 2.36. The molecule has 130 valence electrons. The highest BCUT2D eigenvalue weighted by atomic mass is 32.1. The monoisotopic (exact) mass is 357 g/mol. The zero-order valence-corrected chi connectivity index (χ0v) is 14.9. The minimum absolute atomic E-state index is 0.0442. The molecule has 6 nitrogen and oxygen atoms in total. The lowest BCUT2D eigenvalue weighted by molar-refractivity contribution is 0.196. The van der Waals surface area contributed by atoms with E-state index in [2.05, 4.69) is 22.3 Å². The third-order valence-corrected chi connectivity index (χ3v) is 4.70. The molecular weight excluding hydrogens is 338 g/mol. The molecule has 1 aromatic heterocycles. The minimum Gasteiger partial charge on any atom is -0.493 e. The molecule has 0 atom stereocenters. The first-order valence-corrected chi connectivity index (χ1v) is 8.58. The lowest BCUT2D eigenvalue weighted by Gasteiger charge is -2.09. The van der Waals surface area contributed by atoms with E-state index in [9.17, 15) is 0 Å². The smallest absolute Gasteiger partial charge is 0.211 e. The Morgan fingerprint density at radius 3 is 2.80 bits per heavy atom. The minimum atomic E-state index is -0.0442. The van der Waals surface area contributed by atoms with Crippen molar-refractivity contribution in [3.05, 3.63) is 52.8 Å². The molecule has 3 aromatic rings. The highest BCUT2D eigenvalue weighted by molar-refractivity contribution is 7.16. The van der Waals surface area contributed by atoms with Gasteiger partial charge in [-0.3, -0.25) is 0 Å². The van der Waals surface area contributed by atoms with Crippen LogP contribution in [0.1, 0.15) is 5.56 Å². The molecular formula is C18H19N3O3S. The van der Waals surface area contributed by atoms with Crippen LogP contribution >= 0.6 is 11.3 Å². The number of hydrogen-bond donors (Lipinski definition) is 1. The number of aryl methyl sites for hydroxylation is 1. The number of para-hydroxylation sites is 1. The van der Waals surface area contributed by atoms with Crippen LogP contribution in [0.15, 0.2) is 52.7 Å². The van der Waals surface area contributed by atoms with Gasteiger partial charge in [-0.25, -0.2) is 0 Å². The summed E-state index contributed by atoms with van der Waals surface area (Å²) >= 11 is 1.59. The third-order valence-electron chi connectivity index (χ3n) is 3.60. The number of ether oxygens (including phenoxy) is 2. The zero-order valence-electron chi connectivity index (χ0n) is 14.0. The van der Waals surface area contributed by atoms with Gasteiger partial charge in [0.2, 0.25) is 4.80 Å². The predicted octanol–water partition coefficient (Wildman–Crippen LogP) is 2.55. The number of benzene rings is 2. The Morgan fingerprint density at radius 1 is 1.20 bits per heavy atom. The average molecular weight is 357 g/mol. The van der Waals surface area contributed by atoms with Gasteiger partial charge in [0.15, 0.2) is 11.5 Å². The second-order valence-corrected chi connectivity index (χ2v) is 6.25. The summed E-state index contributed by atoms with van der Waals surface area (Å²) in [6.07, 6.45) is 1.67. The van der Waals surface area contributed by atoms with E-state index in [-0.39, 0.29) is 13.2 Å². The quantitative estimate of drug-likeness (QED) is 0.544. The molecule has 0 saturated heterocycles. The van der Waals surface area contributed by atoms with Gasteiger partial charge in [0.25, 0.3) is 0 Å².